The summed E-state index contributed by atoms with van der Waals surface area (Å²) in [5.41, 5.74) is 4.11. The molecule has 0 bridgehead atoms. The lowest BCUT2D eigenvalue weighted by atomic mass is 9.88. The quantitative estimate of drug-likeness (QED) is 0.548. The molecule has 4 aromatic rings. The van der Waals surface area contributed by atoms with Crippen LogP contribution >= 0.6 is 15.9 Å². The second kappa shape index (κ2) is 5.31. The minimum absolute atomic E-state index is 0.770. The number of hydrogen-bond donors (Lipinski definition) is 1. The van der Waals surface area contributed by atoms with Gasteiger partial charge in [0.2, 0.25) is 0 Å². The molecular weight excluding hydrogens is 337 g/mol. The van der Waals surface area contributed by atoms with Crippen molar-refractivity contribution in [2.45, 2.75) is 0 Å². The lowest BCUT2D eigenvalue weighted by Gasteiger charge is -2.10. The Kier molecular flexibility index (Phi) is 3.28. The average Bonchev–Trinajstić information content (AvgIpc) is 2.89. The largest absolute Gasteiger partial charge is 0.450 e. The van der Waals surface area contributed by atoms with Gasteiger partial charge in [0, 0.05) is 20.9 Å². The van der Waals surface area contributed by atoms with Gasteiger partial charge in [0.1, 0.15) is 0 Å². The second-order valence-electron chi connectivity index (χ2n) is 5.24. The van der Waals surface area contributed by atoms with Crippen molar-refractivity contribution in [2.75, 3.05) is 0 Å². The Hall–Kier alpha value is -2.04. The summed E-state index contributed by atoms with van der Waals surface area (Å²) in [5, 5.41) is 11.8. The van der Waals surface area contributed by atoms with Crippen LogP contribution in [0.2, 0.25) is 0 Å². The van der Waals surface area contributed by atoms with E-state index in [4.69, 9.17) is 0 Å². The van der Waals surface area contributed by atoms with E-state index < -0.39 is 0 Å². The Balaban J connectivity index is 2.15. The van der Waals surface area contributed by atoms with Crippen molar-refractivity contribution in [3.63, 3.8) is 0 Å². The summed E-state index contributed by atoms with van der Waals surface area (Å²) in [6, 6.07) is 22.7. The van der Waals surface area contributed by atoms with Gasteiger partial charge in [-0.2, -0.15) is 0 Å². The van der Waals surface area contributed by atoms with Crippen molar-refractivity contribution in [2.24, 2.45) is 0 Å². The maximum Gasteiger partial charge on any atom is 0.326 e. The third-order valence-electron chi connectivity index (χ3n) is 3.89. The summed E-state index contributed by atoms with van der Waals surface area (Å²) in [4.78, 5) is 0. The topological polar surface area (TPSA) is 25.2 Å². The van der Waals surface area contributed by atoms with Gasteiger partial charge in [-0.3, -0.25) is 0 Å². The minimum Gasteiger partial charge on any atom is -0.450 e. The van der Waals surface area contributed by atoms with E-state index in [1.54, 1.807) is 0 Å². The molecule has 0 unspecified atom stereocenters. The molecule has 0 atom stereocenters. The molecule has 0 spiro atoms. The van der Waals surface area contributed by atoms with Gasteiger partial charge in [-0.1, -0.05) is 63.9 Å². The van der Waals surface area contributed by atoms with Crippen LogP contribution in [0.1, 0.15) is 0 Å². The standard InChI is InChI=1S/C18H12BBrNO/c20-13-9-12(19-22)10-14(11-13)21-17-7-3-1-5-15(17)16-6-2-4-8-18(16)21/h1-11,22H. The number of para-hydroxylation sites is 2. The van der Waals surface area contributed by atoms with Crippen molar-refractivity contribution >= 4 is 50.7 Å². The zero-order valence-corrected chi connectivity index (χ0v) is 13.3. The van der Waals surface area contributed by atoms with Gasteiger partial charge in [0.25, 0.3) is 0 Å². The van der Waals surface area contributed by atoms with E-state index in [0.717, 1.165) is 34.1 Å². The van der Waals surface area contributed by atoms with Gasteiger partial charge in [-0.25, -0.2) is 0 Å². The number of fused-ring (bicyclic) bond motifs is 3. The Bertz CT molecular complexity index is 940. The molecule has 1 aromatic heterocycles. The van der Waals surface area contributed by atoms with E-state index in [1.165, 1.54) is 10.8 Å². The highest BCUT2D eigenvalue weighted by Gasteiger charge is 2.12. The molecule has 1 heterocycles. The van der Waals surface area contributed by atoms with Crippen molar-refractivity contribution in [1.82, 2.24) is 4.57 Å². The Morgan fingerprint density at radius 1 is 0.818 bits per heavy atom. The van der Waals surface area contributed by atoms with Crippen LogP contribution in [0.5, 0.6) is 0 Å². The number of benzene rings is 3. The molecular formula is C18H12BBrNO. The van der Waals surface area contributed by atoms with Crippen LogP contribution in [-0.4, -0.2) is 17.1 Å². The number of nitrogens with zero attached hydrogens (tertiary/aromatic N) is 1. The molecule has 105 valence electrons. The maximum absolute atomic E-state index is 9.36. The highest BCUT2D eigenvalue weighted by atomic mass is 79.9. The summed E-state index contributed by atoms with van der Waals surface area (Å²) in [6.45, 7) is 0. The van der Waals surface area contributed by atoms with E-state index >= 15 is 0 Å². The summed E-state index contributed by atoms with van der Waals surface area (Å²) in [6.07, 6.45) is 0. The average molecular weight is 349 g/mol. The zero-order chi connectivity index (χ0) is 15.1. The lowest BCUT2D eigenvalue weighted by molar-refractivity contribution is 0.615. The second-order valence-corrected chi connectivity index (χ2v) is 6.16. The van der Waals surface area contributed by atoms with Crippen molar-refractivity contribution in [1.29, 1.82) is 0 Å². The normalized spacial score (nSPS) is 11.2. The fourth-order valence-electron chi connectivity index (χ4n) is 3.00. The highest BCUT2D eigenvalue weighted by Crippen LogP contribution is 2.31. The van der Waals surface area contributed by atoms with E-state index in [9.17, 15) is 5.02 Å². The van der Waals surface area contributed by atoms with Gasteiger partial charge in [-0.15, -0.1) is 0 Å². The Morgan fingerprint density at radius 2 is 1.41 bits per heavy atom. The molecule has 0 aliphatic rings. The minimum atomic E-state index is 0.770. The summed E-state index contributed by atoms with van der Waals surface area (Å²) < 4.78 is 3.16. The number of halogens is 1. The molecule has 22 heavy (non-hydrogen) atoms. The summed E-state index contributed by atoms with van der Waals surface area (Å²) in [5.74, 6) is 0. The van der Waals surface area contributed by atoms with Gasteiger partial charge in [0.05, 0.1) is 11.0 Å². The first-order valence-corrected chi connectivity index (χ1v) is 7.84. The SMILES string of the molecule is O[B]c1cc(Br)cc(-n2c3ccccc3c3ccccc32)c1. The molecule has 0 saturated heterocycles. The molecule has 3 aromatic carbocycles. The first-order chi connectivity index (χ1) is 10.8. The third-order valence-corrected chi connectivity index (χ3v) is 4.35. The van der Waals surface area contributed by atoms with Crippen LogP contribution in [0.3, 0.4) is 0 Å². The number of aromatic nitrogens is 1. The first kappa shape index (κ1) is 13.6. The van der Waals surface area contributed by atoms with E-state index in [0.29, 0.717) is 0 Å². The molecule has 4 heteroatoms. The lowest BCUT2D eigenvalue weighted by Crippen LogP contribution is -2.14. The smallest absolute Gasteiger partial charge is 0.326 e. The number of rotatable bonds is 2. The zero-order valence-electron chi connectivity index (χ0n) is 11.7. The van der Waals surface area contributed by atoms with E-state index in [-0.39, 0.29) is 0 Å². The third kappa shape index (κ3) is 2.07. The number of hydrogen-bond acceptors (Lipinski definition) is 1. The van der Waals surface area contributed by atoms with Crippen LogP contribution in [0.15, 0.2) is 71.2 Å². The molecule has 1 radical (unpaired) electrons. The molecule has 0 amide bonds. The van der Waals surface area contributed by atoms with Crippen LogP contribution in [0.4, 0.5) is 0 Å². The van der Waals surface area contributed by atoms with Gasteiger partial charge in [0.15, 0.2) is 0 Å². The van der Waals surface area contributed by atoms with Crippen molar-refractivity contribution in [3.05, 3.63) is 71.2 Å². The molecule has 4 rings (SSSR count). The van der Waals surface area contributed by atoms with E-state index in [2.05, 4.69) is 75.1 Å². The molecule has 0 aliphatic heterocycles. The molecule has 2 nitrogen and oxygen atoms in total. The fourth-order valence-corrected chi connectivity index (χ4v) is 3.50. The maximum atomic E-state index is 9.36. The van der Waals surface area contributed by atoms with E-state index in [1.807, 2.05) is 12.1 Å². The van der Waals surface area contributed by atoms with Crippen molar-refractivity contribution in [3.8, 4) is 5.69 Å². The summed E-state index contributed by atoms with van der Waals surface area (Å²) in [7, 11) is 1.13. The molecule has 0 saturated carbocycles. The first-order valence-electron chi connectivity index (χ1n) is 7.04. The molecule has 1 N–H and O–H groups in total. The fraction of sp³-hybridized carbons (Fsp3) is 0. The predicted octanol–water partition coefficient (Wildman–Crippen LogP) is 3.78. The van der Waals surface area contributed by atoms with Crippen LogP contribution in [-0.2, 0) is 0 Å². The monoisotopic (exact) mass is 348 g/mol. The van der Waals surface area contributed by atoms with Gasteiger partial charge < -0.3 is 9.59 Å². The van der Waals surface area contributed by atoms with Crippen LogP contribution in [0.25, 0.3) is 27.5 Å². The van der Waals surface area contributed by atoms with Gasteiger partial charge >= 0.3 is 7.48 Å². The van der Waals surface area contributed by atoms with Crippen molar-refractivity contribution < 1.29 is 5.02 Å². The highest BCUT2D eigenvalue weighted by molar-refractivity contribution is 9.10. The molecule has 0 fully saturated rings. The van der Waals surface area contributed by atoms with Crippen LogP contribution in [0, 0.1) is 0 Å². The summed E-state index contributed by atoms with van der Waals surface area (Å²) >= 11 is 3.52. The van der Waals surface area contributed by atoms with Gasteiger partial charge in [-0.05, 0) is 24.3 Å². The Labute approximate surface area is 137 Å². The Morgan fingerprint density at radius 3 is 2.00 bits per heavy atom. The van der Waals surface area contributed by atoms with Crippen LogP contribution < -0.4 is 5.46 Å². The predicted molar refractivity (Wildman–Crippen MR) is 96.1 cm³/mol. The molecule has 0 aliphatic carbocycles.